The van der Waals surface area contributed by atoms with Crippen LogP contribution in [-0.2, 0) is 30.6 Å². The van der Waals surface area contributed by atoms with Gasteiger partial charge in [-0.15, -0.1) is 0 Å². The van der Waals surface area contributed by atoms with E-state index in [0.29, 0.717) is 6.42 Å². The first-order valence-electron chi connectivity index (χ1n) is 6.01. The number of unbranched alkanes of at least 4 members (excludes halogenated alkanes) is 8. The van der Waals surface area contributed by atoms with E-state index >= 15 is 0 Å². The maximum Gasteiger partial charge on any atom is 0.0487 e. The molecule has 0 saturated carbocycles. The van der Waals surface area contributed by atoms with Gasteiger partial charge in [0.1, 0.15) is 0 Å². The summed E-state index contributed by atoms with van der Waals surface area (Å²) in [6.45, 7) is 2.23. The van der Waals surface area contributed by atoms with Gasteiger partial charge in [0.25, 0.3) is 0 Å². The molecular weight excluding hydrogens is 353 g/mol. The minimum absolute atomic E-state index is 0. The van der Waals surface area contributed by atoms with Gasteiger partial charge in [-0.05, 0) is 12.8 Å². The molecule has 1 amide bonds. The van der Waals surface area contributed by atoms with Crippen molar-refractivity contribution in [2.24, 2.45) is 0 Å². The smallest absolute Gasteiger partial charge is 0.0487 e. The first kappa shape index (κ1) is 17.7. The van der Waals surface area contributed by atoms with E-state index < -0.39 is 5.91 Å². The van der Waals surface area contributed by atoms with Crippen molar-refractivity contribution in [3.05, 3.63) is 5.73 Å². The van der Waals surface area contributed by atoms with Crippen LogP contribution in [0.1, 0.15) is 74.0 Å². The van der Waals surface area contributed by atoms with Crippen LogP contribution in [0.15, 0.2) is 0 Å². The molecule has 0 spiro atoms. The average molecular weight is 379 g/mol. The van der Waals surface area contributed by atoms with Gasteiger partial charge >= 0.3 is 0 Å². The van der Waals surface area contributed by atoms with Gasteiger partial charge in [0.2, 0.25) is 0 Å². The molecule has 0 heterocycles. The van der Waals surface area contributed by atoms with Crippen molar-refractivity contribution in [3.63, 3.8) is 0 Å². The first-order valence-corrected chi connectivity index (χ1v) is 6.01. The van der Waals surface area contributed by atoms with E-state index in [9.17, 15) is 4.79 Å². The molecule has 0 aliphatic heterocycles. The van der Waals surface area contributed by atoms with Crippen LogP contribution < -0.4 is 0 Å². The molecule has 0 aromatic carbocycles. The summed E-state index contributed by atoms with van der Waals surface area (Å²) < 4.78 is 0. The molecule has 0 aliphatic rings. The Morgan fingerprint density at radius 1 is 0.933 bits per heavy atom. The van der Waals surface area contributed by atoms with Gasteiger partial charge in [-0.1, -0.05) is 58.3 Å². The number of nitrogens with one attached hydrogen (secondary N) is 1. The maximum atomic E-state index is 10.3. The standard InChI is InChI=1S/C12H25NO.Hf.2H/c1-2-3-4-5-6-7-8-9-10-11-12(13)14;;;/h2-11H2,1H3,(H2,13,14);;;/q;;2*-1/p-1. The van der Waals surface area contributed by atoms with E-state index in [1.165, 1.54) is 44.9 Å². The summed E-state index contributed by atoms with van der Waals surface area (Å²) in [5, 5.41) is 0. The molecule has 1 N–H and O–H groups in total. The topological polar surface area (TPSA) is 40.9 Å². The molecule has 0 fully saturated rings. The third-order valence-corrected chi connectivity index (χ3v) is 2.51. The maximum absolute atomic E-state index is 10.3. The summed E-state index contributed by atoms with van der Waals surface area (Å²) in [5.41, 5.74) is 6.73. The zero-order chi connectivity index (χ0) is 10.6. The SMILES string of the molecule is CCCCCCCCCCCC([NH-])=O.[H-].[H-].[Hf]. The number of carbonyl (C=O) groups is 1. The van der Waals surface area contributed by atoms with Crippen LogP contribution in [-0.4, -0.2) is 5.91 Å². The second-order valence-electron chi connectivity index (χ2n) is 4.00. The average Bonchev–Trinajstić information content (AvgIpc) is 2.15. The summed E-state index contributed by atoms with van der Waals surface area (Å²) in [6.07, 6.45) is 11.8. The minimum Gasteiger partial charge on any atom is -1.00 e. The predicted octanol–water partition coefficient (Wildman–Crippen LogP) is 4.71. The van der Waals surface area contributed by atoms with Crippen molar-refractivity contribution in [2.75, 3.05) is 0 Å². The van der Waals surface area contributed by atoms with Gasteiger partial charge in [0, 0.05) is 31.8 Å². The van der Waals surface area contributed by atoms with Crippen LogP contribution in [0.3, 0.4) is 0 Å². The summed E-state index contributed by atoms with van der Waals surface area (Å²) >= 11 is 0. The van der Waals surface area contributed by atoms with E-state index in [-0.39, 0.29) is 28.7 Å². The van der Waals surface area contributed by atoms with Crippen LogP contribution in [0.5, 0.6) is 0 Å². The summed E-state index contributed by atoms with van der Waals surface area (Å²) in [7, 11) is 0. The molecule has 0 saturated heterocycles. The Kier molecular flexibility index (Phi) is 16.9. The van der Waals surface area contributed by atoms with Gasteiger partial charge in [0.05, 0.1) is 0 Å². The van der Waals surface area contributed by atoms with Gasteiger partial charge in [-0.25, -0.2) is 0 Å². The fraction of sp³-hybridized carbons (Fsp3) is 0.917. The van der Waals surface area contributed by atoms with Gasteiger partial charge in [-0.2, -0.15) is 0 Å². The van der Waals surface area contributed by atoms with Crippen LogP contribution in [0.4, 0.5) is 0 Å². The number of hydrogen-bond acceptors (Lipinski definition) is 1. The molecule has 0 radical (unpaired) electrons. The Hall–Kier alpha value is 0.340. The predicted molar refractivity (Wildman–Crippen MR) is 63.4 cm³/mol. The fourth-order valence-electron chi connectivity index (χ4n) is 1.60. The van der Waals surface area contributed by atoms with Crippen LogP contribution in [0, 0.1) is 0 Å². The molecule has 2 nitrogen and oxygen atoms in total. The van der Waals surface area contributed by atoms with Crippen LogP contribution >= 0.6 is 0 Å². The zero-order valence-electron chi connectivity index (χ0n) is 12.0. The van der Waals surface area contributed by atoms with Crippen molar-refractivity contribution in [1.82, 2.24) is 0 Å². The van der Waals surface area contributed by atoms with E-state index in [1.54, 1.807) is 0 Å². The van der Waals surface area contributed by atoms with E-state index in [1.807, 2.05) is 0 Å². The molecule has 0 aromatic rings. The normalized spacial score (nSPS) is 9.67. The monoisotopic (exact) mass is 380 g/mol. The Morgan fingerprint density at radius 3 is 1.73 bits per heavy atom. The molecule has 0 aromatic heterocycles. The number of hydrogen-bond donors (Lipinski definition) is 0. The Balaban J connectivity index is -0.000000282. The summed E-state index contributed by atoms with van der Waals surface area (Å²) in [6, 6.07) is 0. The van der Waals surface area contributed by atoms with Crippen LogP contribution in [0.2, 0.25) is 0 Å². The van der Waals surface area contributed by atoms with Gasteiger partial charge in [-0.3, -0.25) is 0 Å². The number of rotatable bonds is 10. The molecule has 0 atom stereocenters. The molecule has 3 heteroatoms. The van der Waals surface area contributed by atoms with Crippen molar-refractivity contribution in [1.29, 1.82) is 0 Å². The van der Waals surface area contributed by atoms with Crippen molar-refractivity contribution >= 4 is 5.91 Å². The van der Waals surface area contributed by atoms with Gasteiger partial charge in [0.15, 0.2) is 0 Å². The van der Waals surface area contributed by atoms with Crippen molar-refractivity contribution < 1.29 is 33.5 Å². The molecule has 0 bridgehead atoms. The Bertz CT molecular complexity index is 148. The van der Waals surface area contributed by atoms with E-state index in [4.69, 9.17) is 5.73 Å². The van der Waals surface area contributed by atoms with Crippen LogP contribution in [0.25, 0.3) is 5.73 Å². The number of carbonyl (C=O) groups excluding carboxylic acids is 1. The molecular formula is C12H26HfNO-3. The fourth-order valence-corrected chi connectivity index (χ4v) is 1.60. The molecule has 0 rings (SSSR count). The second kappa shape index (κ2) is 14.3. The third-order valence-electron chi connectivity index (χ3n) is 2.51. The quantitative estimate of drug-likeness (QED) is 0.401. The molecule has 0 aliphatic carbocycles. The van der Waals surface area contributed by atoms with E-state index in [0.717, 1.165) is 12.8 Å². The van der Waals surface area contributed by atoms with E-state index in [2.05, 4.69) is 6.92 Å². The molecule has 92 valence electrons. The van der Waals surface area contributed by atoms with Gasteiger partial charge < -0.3 is 13.4 Å². The number of amides is 1. The largest absolute Gasteiger partial charge is 1.00 e. The Morgan fingerprint density at radius 2 is 1.33 bits per heavy atom. The second-order valence-corrected chi connectivity index (χ2v) is 4.00. The van der Waals surface area contributed by atoms with Crippen molar-refractivity contribution in [3.8, 4) is 0 Å². The minimum atomic E-state index is -0.409. The first-order chi connectivity index (χ1) is 6.77. The van der Waals surface area contributed by atoms with Crippen molar-refractivity contribution in [2.45, 2.75) is 71.1 Å². The molecule has 0 unspecified atom stereocenters. The Labute approximate surface area is 116 Å². The third kappa shape index (κ3) is 17.0. The summed E-state index contributed by atoms with van der Waals surface area (Å²) in [5.74, 6) is -0.409. The zero-order valence-corrected chi connectivity index (χ0v) is 13.6. The summed E-state index contributed by atoms with van der Waals surface area (Å²) in [4.78, 5) is 10.3. The molecule has 15 heavy (non-hydrogen) atoms.